The van der Waals surface area contributed by atoms with Gasteiger partial charge in [0.25, 0.3) is 0 Å². The fourth-order valence-corrected chi connectivity index (χ4v) is 1.97. The Morgan fingerprint density at radius 1 is 1.31 bits per heavy atom. The fraction of sp³-hybridized carbons (Fsp3) is 0.636. The summed E-state index contributed by atoms with van der Waals surface area (Å²) < 4.78 is 0.897. The van der Waals surface area contributed by atoms with Crippen molar-refractivity contribution in [1.82, 2.24) is 9.97 Å². The third kappa shape index (κ3) is 3.42. The number of halogens is 1. The highest BCUT2D eigenvalue weighted by Gasteiger charge is 2.16. The van der Waals surface area contributed by atoms with Gasteiger partial charge in [-0.3, -0.25) is 0 Å². The maximum Gasteiger partial charge on any atom is 0.225 e. The summed E-state index contributed by atoms with van der Waals surface area (Å²) in [7, 11) is 0. The Morgan fingerprint density at radius 3 is 2.31 bits per heavy atom. The molecule has 0 bridgehead atoms. The molecule has 0 unspecified atom stereocenters. The maximum absolute atomic E-state index is 5.64. The van der Waals surface area contributed by atoms with Gasteiger partial charge in [0.15, 0.2) is 0 Å². The Morgan fingerprint density at radius 2 is 1.88 bits per heavy atom. The second-order valence-corrected chi connectivity index (χ2v) is 4.57. The Kier molecular flexibility index (Phi) is 5.69. The minimum atomic E-state index is 0.463. The minimum Gasteiger partial charge on any atom is -0.337 e. The molecule has 0 saturated carbocycles. The summed E-state index contributed by atoms with van der Waals surface area (Å²) in [6.07, 6.45) is 5.70. The van der Waals surface area contributed by atoms with E-state index in [-0.39, 0.29) is 0 Å². The second-order valence-electron chi connectivity index (χ2n) is 3.65. The van der Waals surface area contributed by atoms with Crippen molar-refractivity contribution in [2.45, 2.75) is 32.7 Å². The van der Waals surface area contributed by atoms with Crippen molar-refractivity contribution in [3.63, 3.8) is 0 Å². The van der Waals surface area contributed by atoms with Gasteiger partial charge in [0.2, 0.25) is 5.95 Å². The molecule has 1 heterocycles. The van der Waals surface area contributed by atoms with E-state index in [1.165, 1.54) is 0 Å². The zero-order chi connectivity index (χ0) is 12.0. The molecular formula is C11H19BrN4. The average Bonchev–Trinajstić information content (AvgIpc) is 2.31. The first-order chi connectivity index (χ1) is 7.72. The molecule has 0 spiro atoms. The summed E-state index contributed by atoms with van der Waals surface area (Å²) in [4.78, 5) is 10.8. The zero-order valence-electron chi connectivity index (χ0n) is 9.86. The topological polar surface area (TPSA) is 55.0 Å². The number of aromatic nitrogens is 2. The normalized spacial score (nSPS) is 10.8. The standard InChI is InChI=1S/C11H19BrN4/c1-3-10(4-2)16(6-5-13)11-14-7-9(12)8-15-11/h7-8,10H,3-6,13H2,1-2H3. The molecule has 4 nitrogen and oxygen atoms in total. The molecule has 16 heavy (non-hydrogen) atoms. The Labute approximate surface area is 105 Å². The van der Waals surface area contributed by atoms with Crippen LogP contribution in [0.4, 0.5) is 5.95 Å². The summed E-state index contributed by atoms with van der Waals surface area (Å²) >= 11 is 3.34. The van der Waals surface area contributed by atoms with Crippen molar-refractivity contribution in [1.29, 1.82) is 0 Å². The molecule has 2 N–H and O–H groups in total. The van der Waals surface area contributed by atoms with Gasteiger partial charge in [0.1, 0.15) is 0 Å². The van der Waals surface area contributed by atoms with E-state index in [4.69, 9.17) is 5.73 Å². The van der Waals surface area contributed by atoms with Gasteiger partial charge >= 0.3 is 0 Å². The molecule has 5 heteroatoms. The number of hydrogen-bond donors (Lipinski definition) is 1. The molecule has 0 radical (unpaired) electrons. The highest BCUT2D eigenvalue weighted by Crippen LogP contribution is 2.16. The van der Waals surface area contributed by atoms with Gasteiger partial charge in [-0.1, -0.05) is 13.8 Å². The number of anilines is 1. The van der Waals surface area contributed by atoms with Crippen LogP contribution >= 0.6 is 15.9 Å². The summed E-state index contributed by atoms with van der Waals surface area (Å²) in [5.41, 5.74) is 5.64. The van der Waals surface area contributed by atoms with E-state index in [2.05, 4.69) is 44.6 Å². The highest BCUT2D eigenvalue weighted by molar-refractivity contribution is 9.10. The summed E-state index contributed by atoms with van der Waals surface area (Å²) in [5, 5.41) is 0. The van der Waals surface area contributed by atoms with Gasteiger partial charge in [-0.05, 0) is 28.8 Å². The lowest BCUT2D eigenvalue weighted by Crippen LogP contribution is -2.39. The second kappa shape index (κ2) is 6.81. The van der Waals surface area contributed by atoms with E-state index >= 15 is 0 Å². The van der Waals surface area contributed by atoms with Gasteiger partial charge in [-0.25, -0.2) is 9.97 Å². The molecule has 1 rings (SSSR count). The van der Waals surface area contributed by atoms with Crippen LogP contribution in [0.2, 0.25) is 0 Å². The molecule has 0 aromatic carbocycles. The Balaban J connectivity index is 2.87. The van der Waals surface area contributed by atoms with Crippen LogP contribution in [0, 0.1) is 0 Å². The van der Waals surface area contributed by atoms with Crippen LogP contribution in [0.25, 0.3) is 0 Å². The molecule has 0 atom stereocenters. The van der Waals surface area contributed by atoms with E-state index in [0.29, 0.717) is 12.6 Å². The first kappa shape index (κ1) is 13.4. The van der Waals surface area contributed by atoms with Crippen molar-refractivity contribution in [2.24, 2.45) is 5.73 Å². The summed E-state index contributed by atoms with van der Waals surface area (Å²) in [6, 6.07) is 0.463. The molecule has 0 aliphatic rings. The first-order valence-corrected chi connectivity index (χ1v) is 6.46. The molecule has 0 fully saturated rings. The monoisotopic (exact) mass is 286 g/mol. The van der Waals surface area contributed by atoms with Crippen LogP contribution < -0.4 is 10.6 Å². The number of nitrogens with zero attached hydrogens (tertiary/aromatic N) is 3. The molecule has 0 aliphatic heterocycles. The zero-order valence-corrected chi connectivity index (χ0v) is 11.4. The lowest BCUT2D eigenvalue weighted by atomic mass is 10.1. The third-order valence-corrected chi connectivity index (χ3v) is 3.03. The first-order valence-electron chi connectivity index (χ1n) is 5.67. The van der Waals surface area contributed by atoms with E-state index in [9.17, 15) is 0 Å². The van der Waals surface area contributed by atoms with Crippen molar-refractivity contribution in [2.75, 3.05) is 18.0 Å². The van der Waals surface area contributed by atoms with Crippen LogP contribution in [0.3, 0.4) is 0 Å². The Bertz CT molecular complexity index is 297. The largest absolute Gasteiger partial charge is 0.337 e. The number of nitrogens with two attached hydrogens (primary N) is 1. The van der Waals surface area contributed by atoms with Crippen molar-refractivity contribution in [3.05, 3.63) is 16.9 Å². The minimum absolute atomic E-state index is 0.463. The molecule has 90 valence electrons. The van der Waals surface area contributed by atoms with Crippen molar-refractivity contribution < 1.29 is 0 Å². The lowest BCUT2D eigenvalue weighted by molar-refractivity contribution is 0.548. The van der Waals surface area contributed by atoms with E-state index in [1.807, 2.05) is 0 Å². The van der Waals surface area contributed by atoms with Crippen molar-refractivity contribution in [3.8, 4) is 0 Å². The maximum atomic E-state index is 5.64. The number of rotatable bonds is 6. The van der Waals surface area contributed by atoms with Gasteiger partial charge < -0.3 is 10.6 Å². The SMILES string of the molecule is CCC(CC)N(CCN)c1ncc(Br)cn1. The van der Waals surface area contributed by atoms with Crippen LogP contribution in [0.15, 0.2) is 16.9 Å². The molecule has 1 aromatic heterocycles. The highest BCUT2D eigenvalue weighted by atomic mass is 79.9. The van der Waals surface area contributed by atoms with Gasteiger partial charge in [-0.2, -0.15) is 0 Å². The third-order valence-electron chi connectivity index (χ3n) is 2.62. The Hall–Kier alpha value is -0.680. The van der Waals surface area contributed by atoms with Crippen molar-refractivity contribution >= 4 is 21.9 Å². The summed E-state index contributed by atoms with van der Waals surface area (Å²) in [5.74, 6) is 0.766. The van der Waals surface area contributed by atoms with Gasteiger partial charge in [0.05, 0.1) is 4.47 Å². The van der Waals surface area contributed by atoms with Gasteiger partial charge in [0, 0.05) is 31.5 Å². The van der Waals surface area contributed by atoms with Crippen LogP contribution in [0.5, 0.6) is 0 Å². The fourth-order valence-electron chi connectivity index (χ4n) is 1.77. The smallest absolute Gasteiger partial charge is 0.225 e. The molecule has 1 aromatic rings. The van der Waals surface area contributed by atoms with Crippen LogP contribution in [-0.2, 0) is 0 Å². The van der Waals surface area contributed by atoms with Crippen LogP contribution in [0.1, 0.15) is 26.7 Å². The van der Waals surface area contributed by atoms with Crippen LogP contribution in [-0.4, -0.2) is 29.1 Å². The van der Waals surface area contributed by atoms with E-state index in [0.717, 1.165) is 29.8 Å². The average molecular weight is 287 g/mol. The van der Waals surface area contributed by atoms with E-state index < -0.39 is 0 Å². The lowest BCUT2D eigenvalue weighted by Gasteiger charge is -2.30. The molecule has 0 amide bonds. The quantitative estimate of drug-likeness (QED) is 0.871. The predicted molar refractivity (Wildman–Crippen MR) is 70.5 cm³/mol. The molecular weight excluding hydrogens is 268 g/mol. The van der Waals surface area contributed by atoms with E-state index in [1.54, 1.807) is 12.4 Å². The van der Waals surface area contributed by atoms with Gasteiger partial charge in [-0.15, -0.1) is 0 Å². The predicted octanol–water partition coefficient (Wildman–Crippen LogP) is 2.19. The summed E-state index contributed by atoms with van der Waals surface area (Å²) in [6.45, 7) is 5.77. The number of hydrogen-bond acceptors (Lipinski definition) is 4. The molecule has 0 saturated heterocycles. The molecule has 0 aliphatic carbocycles.